The van der Waals surface area contributed by atoms with E-state index in [9.17, 15) is 27.2 Å². The number of hydrogen-bond donors (Lipinski definition) is 0. The van der Waals surface area contributed by atoms with Gasteiger partial charge in [-0.2, -0.15) is 8.78 Å². The van der Waals surface area contributed by atoms with E-state index in [-0.39, 0.29) is 0 Å². The first kappa shape index (κ1) is 15.7. The van der Waals surface area contributed by atoms with Crippen LogP contribution in [0.3, 0.4) is 0 Å². The fourth-order valence-corrected chi connectivity index (χ4v) is 2.07. The van der Waals surface area contributed by atoms with Crippen molar-refractivity contribution in [3.05, 3.63) is 0 Å². The van der Waals surface area contributed by atoms with Crippen LogP contribution in [0.5, 0.6) is 0 Å². The van der Waals surface area contributed by atoms with Crippen LogP contribution in [0.15, 0.2) is 0 Å². The van der Waals surface area contributed by atoms with Gasteiger partial charge in [-0.25, -0.2) is 8.78 Å². The maximum absolute atomic E-state index is 13.1. The first-order valence-electron chi connectivity index (χ1n) is 5.84. The first-order valence-corrected chi connectivity index (χ1v) is 5.84. The summed E-state index contributed by atoms with van der Waals surface area (Å²) in [6, 6.07) is -0.615. The number of rotatable bonds is 5. The molecule has 1 fully saturated rings. The molecule has 0 spiro atoms. The van der Waals surface area contributed by atoms with Gasteiger partial charge in [0.15, 0.2) is 0 Å². The molecule has 8 heteroatoms. The van der Waals surface area contributed by atoms with Crippen LogP contribution in [-0.4, -0.2) is 48.8 Å². The molecule has 0 N–H and O–H groups in total. The number of alkyl halides is 4. The maximum Gasteiger partial charge on any atom is 0.383 e. The molecule has 0 aliphatic heterocycles. The highest BCUT2D eigenvalue weighted by atomic mass is 19.3. The molecule has 0 atom stereocenters. The van der Waals surface area contributed by atoms with Gasteiger partial charge in [0.1, 0.15) is 6.54 Å². The summed E-state index contributed by atoms with van der Waals surface area (Å²) in [6.45, 7) is -0.734. The molecule has 1 aliphatic rings. The smallest absolute Gasteiger partial charge is 0.383 e. The minimum atomic E-state index is -4.78. The minimum absolute atomic E-state index is 0.419. The van der Waals surface area contributed by atoms with Gasteiger partial charge < -0.3 is 9.64 Å². The molecular weight excluding hydrogens is 270 g/mol. The summed E-state index contributed by atoms with van der Waals surface area (Å²) in [6.07, 6.45) is -1.85. The highest BCUT2D eigenvalue weighted by molar-refractivity contribution is 5.87. The molecule has 0 unspecified atom stereocenters. The molecular formula is C11H15F4NO3. The highest BCUT2D eigenvalue weighted by Crippen LogP contribution is 2.30. The van der Waals surface area contributed by atoms with Crippen LogP contribution in [0.2, 0.25) is 0 Å². The number of ether oxygens (including phenoxy) is 1. The van der Waals surface area contributed by atoms with Crippen molar-refractivity contribution in [2.75, 3.05) is 13.7 Å². The average molecular weight is 285 g/mol. The lowest BCUT2D eigenvalue weighted by atomic mass is 10.1. The molecule has 1 rings (SSSR count). The zero-order valence-electron chi connectivity index (χ0n) is 10.4. The van der Waals surface area contributed by atoms with Gasteiger partial charge in [0.2, 0.25) is 0 Å². The molecule has 1 saturated carbocycles. The van der Waals surface area contributed by atoms with Gasteiger partial charge in [-0.15, -0.1) is 0 Å². The standard InChI is InChI=1S/C11H15F4NO3/c1-19-8(17)6-16(7-4-2-3-5-7)10(18)11(14,15)9(12)13/h7,9H,2-6H2,1H3. The lowest BCUT2D eigenvalue weighted by Crippen LogP contribution is -2.52. The predicted octanol–water partition coefficient (Wildman–Crippen LogP) is 1.83. The van der Waals surface area contributed by atoms with Crippen molar-refractivity contribution >= 4 is 11.9 Å². The molecule has 0 aromatic rings. The van der Waals surface area contributed by atoms with Crippen molar-refractivity contribution in [2.45, 2.75) is 44.1 Å². The van der Waals surface area contributed by atoms with Crippen molar-refractivity contribution in [1.29, 1.82) is 0 Å². The summed E-state index contributed by atoms with van der Waals surface area (Å²) in [5.41, 5.74) is 0. The number of hydrogen-bond acceptors (Lipinski definition) is 3. The Bertz CT molecular complexity index is 343. The second-order valence-corrected chi connectivity index (χ2v) is 4.37. The summed E-state index contributed by atoms with van der Waals surface area (Å²) in [5.74, 6) is -7.71. The van der Waals surface area contributed by atoms with E-state index in [1.807, 2.05) is 0 Å². The van der Waals surface area contributed by atoms with Crippen molar-refractivity contribution < 1.29 is 31.9 Å². The van der Waals surface area contributed by atoms with Crippen LogP contribution in [0.1, 0.15) is 25.7 Å². The average Bonchev–Trinajstić information content (AvgIpc) is 2.88. The van der Waals surface area contributed by atoms with Gasteiger partial charge >= 0.3 is 18.3 Å². The predicted molar refractivity (Wildman–Crippen MR) is 56.9 cm³/mol. The number of halogens is 4. The number of carbonyl (C=O) groups excluding carboxylic acids is 2. The third-order valence-corrected chi connectivity index (χ3v) is 3.11. The van der Waals surface area contributed by atoms with E-state index in [4.69, 9.17) is 0 Å². The van der Waals surface area contributed by atoms with Crippen LogP contribution in [-0.2, 0) is 14.3 Å². The van der Waals surface area contributed by atoms with E-state index < -0.39 is 36.8 Å². The molecule has 4 nitrogen and oxygen atoms in total. The summed E-state index contributed by atoms with van der Waals surface area (Å²) in [7, 11) is 1.03. The Morgan fingerprint density at radius 2 is 1.84 bits per heavy atom. The molecule has 0 saturated heterocycles. The number of esters is 1. The Balaban J connectivity index is 2.89. The molecule has 19 heavy (non-hydrogen) atoms. The van der Waals surface area contributed by atoms with Gasteiger partial charge in [-0.1, -0.05) is 12.8 Å². The van der Waals surface area contributed by atoms with Crippen molar-refractivity contribution in [2.24, 2.45) is 0 Å². The normalized spacial score (nSPS) is 16.7. The van der Waals surface area contributed by atoms with Crippen LogP contribution in [0, 0.1) is 0 Å². The molecule has 0 bridgehead atoms. The van der Waals surface area contributed by atoms with Crippen molar-refractivity contribution in [3.63, 3.8) is 0 Å². The van der Waals surface area contributed by atoms with E-state index in [2.05, 4.69) is 4.74 Å². The number of nitrogens with zero attached hydrogens (tertiary/aromatic N) is 1. The molecule has 0 aromatic heterocycles. The summed E-state index contributed by atoms with van der Waals surface area (Å²) >= 11 is 0. The van der Waals surface area contributed by atoms with Crippen LogP contribution < -0.4 is 0 Å². The monoisotopic (exact) mass is 285 g/mol. The van der Waals surface area contributed by atoms with E-state index in [0.29, 0.717) is 30.6 Å². The van der Waals surface area contributed by atoms with Crippen molar-refractivity contribution in [1.82, 2.24) is 4.90 Å². The first-order chi connectivity index (χ1) is 8.80. The van der Waals surface area contributed by atoms with Gasteiger partial charge in [-0.05, 0) is 12.8 Å². The molecule has 1 amide bonds. The third-order valence-electron chi connectivity index (χ3n) is 3.11. The van der Waals surface area contributed by atoms with E-state index in [1.165, 1.54) is 0 Å². The van der Waals surface area contributed by atoms with Gasteiger partial charge in [-0.3, -0.25) is 9.59 Å². The van der Waals surface area contributed by atoms with Crippen LogP contribution >= 0.6 is 0 Å². The second kappa shape index (κ2) is 6.21. The number of amides is 1. The van der Waals surface area contributed by atoms with Crippen molar-refractivity contribution in [3.8, 4) is 0 Å². The maximum atomic E-state index is 13.1. The fourth-order valence-electron chi connectivity index (χ4n) is 2.07. The highest BCUT2D eigenvalue weighted by Gasteiger charge is 2.52. The SMILES string of the molecule is COC(=O)CN(C(=O)C(F)(F)C(F)F)C1CCCC1. The van der Waals surface area contributed by atoms with Gasteiger partial charge in [0.25, 0.3) is 5.91 Å². The zero-order valence-corrected chi connectivity index (χ0v) is 10.4. The fraction of sp³-hybridized carbons (Fsp3) is 0.818. The summed E-state index contributed by atoms with van der Waals surface area (Å²) in [5, 5.41) is 0. The lowest BCUT2D eigenvalue weighted by molar-refractivity contribution is -0.184. The Hall–Kier alpha value is -1.34. The Labute approximate surface area is 107 Å². The molecule has 110 valence electrons. The zero-order chi connectivity index (χ0) is 14.6. The molecule has 1 aliphatic carbocycles. The minimum Gasteiger partial charge on any atom is -0.468 e. The number of carbonyl (C=O) groups is 2. The quantitative estimate of drug-likeness (QED) is 0.572. The Morgan fingerprint density at radius 1 is 1.32 bits per heavy atom. The Kier molecular flexibility index (Phi) is 5.13. The van der Waals surface area contributed by atoms with Crippen LogP contribution in [0.4, 0.5) is 17.6 Å². The summed E-state index contributed by atoms with van der Waals surface area (Å²) < 4.78 is 54.9. The van der Waals surface area contributed by atoms with Gasteiger partial charge in [0, 0.05) is 6.04 Å². The lowest BCUT2D eigenvalue weighted by Gasteiger charge is -2.30. The largest absolute Gasteiger partial charge is 0.468 e. The second-order valence-electron chi connectivity index (χ2n) is 4.37. The Morgan fingerprint density at radius 3 is 2.26 bits per heavy atom. The van der Waals surface area contributed by atoms with E-state index in [0.717, 1.165) is 7.11 Å². The number of methoxy groups -OCH3 is 1. The molecule has 0 radical (unpaired) electrons. The topological polar surface area (TPSA) is 46.6 Å². The molecule has 0 aromatic carbocycles. The van der Waals surface area contributed by atoms with Crippen LogP contribution in [0.25, 0.3) is 0 Å². The van der Waals surface area contributed by atoms with Gasteiger partial charge in [0.05, 0.1) is 7.11 Å². The van der Waals surface area contributed by atoms with E-state index in [1.54, 1.807) is 0 Å². The summed E-state index contributed by atoms with van der Waals surface area (Å²) in [4.78, 5) is 23.2. The molecule has 0 heterocycles. The third kappa shape index (κ3) is 3.57. The van der Waals surface area contributed by atoms with E-state index >= 15 is 0 Å².